The molecule has 0 radical (unpaired) electrons. The van der Waals surface area contributed by atoms with Crippen molar-refractivity contribution in [2.75, 3.05) is 0 Å². The first kappa shape index (κ1) is 8.13. The van der Waals surface area contributed by atoms with Crippen molar-refractivity contribution in [2.45, 2.75) is 0 Å². The van der Waals surface area contributed by atoms with Crippen LogP contribution in [0.5, 0.6) is 0 Å². The number of halogens is 1. The van der Waals surface area contributed by atoms with Crippen LogP contribution in [0.4, 0.5) is 0 Å². The van der Waals surface area contributed by atoms with Crippen LogP contribution in [0.15, 0.2) is 36.5 Å². The summed E-state index contributed by atoms with van der Waals surface area (Å²) in [7, 11) is 0. The van der Waals surface area contributed by atoms with E-state index in [1.807, 2.05) is 24.3 Å². The van der Waals surface area contributed by atoms with Gasteiger partial charge in [0.2, 0.25) is 0 Å². The molecule has 0 atom stereocenters. The van der Waals surface area contributed by atoms with Crippen LogP contribution in [-0.2, 0) is 0 Å². The first-order valence-corrected chi connectivity index (χ1v) is 4.14. The fourth-order valence-corrected chi connectivity index (χ4v) is 1.14. The molecule has 0 unspecified atom stereocenters. The predicted molar refractivity (Wildman–Crippen MR) is 50.3 cm³/mol. The van der Waals surface area contributed by atoms with Gasteiger partial charge in [-0.2, -0.15) is 0 Å². The molecule has 0 aliphatic carbocycles. The lowest BCUT2D eigenvalue weighted by molar-refractivity contribution is 0.870. The van der Waals surface area contributed by atoms with Gasteiger partial charge < -0.3 is 0 Å². The third-order valence-corrected chi connectivity index (χ3v) is 1.90. The molecule has 2 rings (SSSR count). The maximum Gasteiger partial charge on any atom is 0.0963 e. The zero-order valence-electron chi connectivity index (χ0n) is 6.68. The van der Waals surface area contributed by atoms with Crippen LogP contribution in [0, 0.1) is 0 Å². The Morgan fingerprint density at radius 1 is 1.00 bits per heavy atom. The highest BCUT2D eigenvalue weighted by Gasteiger charge is 1.97. The Balaban J connectivity index is 2.42. The Labute approximate surface area is 80.4 Å². The van der Waals surface area contributed by atoms with Crippen LogP contribution >= 0.6 is 11.6 Å². The number of nitrogens with zero attached hydrogens (tertiary/aromatic N) is 3. The molecule has 2 aromatic rings. The smallest absolute Gasteiger partial charge is 0.0963 e. The maximum atomic E-state index is 5.75. The lowest BCUT2D eigenvalue weighted by atomic mass is 10.1. The Hall–Kier alpha value is -1.48. The molecule has 1 aromatic carbocycles. The van der Waals surface area contributed by atoms with Gasteiger partial charge in [-0.05, 0) is 23.4 Å². The molecule has 0 bridgehead atoms. The third-order valence-electron chi connectivity index (χ3n) is 1.64. The molecule has 64 valence electrons. The van der Waals surface area contributed by atoms with Crippen molar-refractivity contribution < 1.29 is 0 Å². The van der Waals surface area contributed by atoms with Crippen molar-refractivity contribution in [1.29, 1.82) is 0 Å². The molecule has 4 heteroatoms. The van der Waals surface area contributed by atoms with Crippen LogP contribution in [0.2, 0.25) is 5.02 Å². The van der Waals surface area contributed by atoms with E-state index in [0.717, 1.165) is 11.3 Å². The summed E-state index contributed by atoms with van der Waals surface area (Å²) >= 11 is 5.75. The van der Waals surface area contributed by atoms with Crippen LogP contribution in [0.25, 0.3) is 11.3 Å². The monoisotopic (exact) mass is 191 g/mol. The summed E-state index contributed by atoms with van der Waals surface area (Å²) in [5, 5.41) is 11.7. The zero-order chi connectivity index (χ0) is 9.10. The molecular formula is C9H6ClN3. The Bertz CT molecular complexity index is 385. The van der Waals surface area contributed by atoms with E-state index in [1.54, 1.807) is 12.3 Å². The maximum absolute atomic E-state index is 5.75. The molecule has 0 spiro atoms. The number of benzene rings is 1. The Morgan fingerprint density at radius 3 is 2.38 bits per heavy atom. The van der Waals surface area contributed by atoms with Gasteiger partial charge in [0.1, 0.15) is 0 Å². The Morgan fingerprint density at radius 2 is 1.77 bits per heavy atom. The number of hydrogen-bond donors (Lipinski definition) is 0. The first-order chi connectivity index (χ1) is 6.36. The average molecular weight is 192 g/mol. The minimum Gasteiger partial charge on any atom is -0.139 e. The molecule has 0 saturated carbocycles. The highest BCUT2D eigenvalue weighted by molar-refractivity contribution is 6.30. The van der Waals surface area contributed by atoms with Crippen LogP contribution in [0.1, 0.15) is 0 Å². The average Bonchev–Trinajstić information content (AvgIpc) is 2.20. The molecule has 1 aromatic heterocycles. The van der Waals surface area contributed by atoms with Gasteiger partial charge in [0.15, 0.2) is 0 Å². The number of aromatic nitrogens is 3. The number of rotatable bonds is 1. The molecule has 0 amide bonds. The Kier molecular flexibility index (Phi) is 2.19. The van der Waals surface area contributed by atoms with Crippen molar-refractivity contribution in [3.8, 4) is 11.3 Å². The van der Waals surface area contributed by atoms with Gasteiger partial charge in [0.05, 0.1) is 11.9 Å². The molecule has 0 N–H and O–H groups in total. The highest BCUT2D eigenvalue weighted by Crippen LogP contribution is 2.17. The van der Waals surface area contributed by atoms with Crippen molar-refractivity contribution in [3.05, 3.63) is 41.6 Å². The van der Waals surface area contributed by atoms with E-state index in [0.29, 0.717) is 5.02 Å². The normalized spacial score (nSPS) is 9.92. The lowest BCUT2D eigenvalue weighted by Gasteiger charge is -1.97. The lowest BCUT2D eigenvalue weighted by Crippen LogP contribution is -1.88. The van der Waals surface area contributed by atoms with Crippen molar-refractivity contribution in [3.63, 3.8) is 0 Å². The molecule has 13 heavy (non-hydrogen) atoms. The van der Waals surface area contributed by atoms with Gasteiger partial charge in [-0.15, -0.1) is 10.2 Å². The van der Waals surface area contributed by atoms with Gasteiger partial charge in [-0.3, -0.25) is 0 Å². The molecule has 0 aliphatic rings. The molecule has 1 heterocycles. The van der Waals surface area contributed by atoms with E-state index in [-0.39, 0.29) is 0 Å². The second-order valence-electron chi connectivity index (χ2n) is 2.51. The van der Waals surface area contributed by atoms with Crippen molar-refractivity contribution in [1.82, 2.24) is 15.4 Å². The summed E-state index contributed by atoms with van der Waals surface area (Å²) < 4.78 is 0. The summed E-state index contributed by atoms with van der Waals surface area (Å²) in [5.74, 6) is 0. The van der Waals surface area contributed by atoms with Gasteiger partial charge in [0, 0.05) is 10.6 Å². The van der Waals surface area contributed by atoms with E-state index in [1.165, 1.54) is 0 Å². The zero-order valence-corrected chi connectivity index (χ0v) is 7.44. The van der Waals surface area contributed by atoms with Gasteiger partial charge in [-0.1, -0.05) is 23.7 Å². The summed E-state index contributed by atoms with van der Waals surface area (Å²) in [4.78, 5) is 0. The van der Waals surface area contributed by atoms with Crippen LogP contribution in [0.3, 0.4) is 0 Å². The second kappa shape index (κ2) is 3.49. The van der Waals surface area contributed by atoms with E-state index < -0.39 is 0 Å². The van der Waals surface area contributed by atoms with Crippen LogP contribution < -0.4 is 0 Å². The molecular weight excluding hydrogens is 186 g/mol. The minimum absolute atomic E-state index is 0.714. The summed E-state index contributed by atoms with van der Waals surface area (Å²) in [6, 6.07) is 9.23. The second-order valence-corrected chi connectivity index (χ2v) is 2.95. The minimum atomic E-state index is 0.714. The summed E-state index contributed by atoms with van der Waals surface area (Å²) in [6.07, 6.45) is 1.61. The largest absolute Gasteiger partial charge is 0.139 e. The predicted octanol–water partition coefficient (Wildman–Crippen LogP) is 2.19. The fraction of sp³-hybridized carbons (Fsp3) is 0. The third kappa shape index (κ3) is 1.81. The molecule has 3 nitrogen and oxygen atoms in total. The van der Waals surface area contributed by atoms with Crippen molar-refractivity contribution >= 4 is 11.6 Å². The van der Waals surface area contributed by atoms with Crippen molar-refractivity contribution in [2.24, 2.45) is 0 Å². The highest BCUT2D eigenvalue weighted by atomic mass is 35.5. The standard InChI is InChI=1S/C9H6ClN3/c10-8-3-1-7(2-4-8)9-5-6-11-13-12-9/h1-6H. The fourth-order valence-electron chi connectivity index (χ4n) is 1.02. The van der Waals surface area contributed by atoms with Crippen LogP contribution in [-0.4, -0.2) is 15.4 Å². The van der Waals surface area contributed by atoms with E-state index in [9.17, 15) is 0 Å². The van der Waals surface area contributed by atoms with Gasteiger partial charge >= 0.3 is 0 Å². The molecule has 0 saturated heterocycles. The number of hydrogen-bond acceptors (Lipinski definition) is 3. The molecule has 0 fully saturated rings. The quantitative estimate of drug-likeness (QED) is 0.694. The SMILES string of the molecule is Clc1ccc(-c2ccnnn2)cc1. The van der Waals surface area contributed by atoms with E-state index in [2.05, 4.69) is 15.4 Å². The summed E-state index contributed by atoms with van der Waals surface area (Å²) in [6.45, 7) is 0. The molecule has 0 aliphatic heterocycles. The summed E-state index contributed by atoms with van der Waals surface area (Å²) in [5.41, 5.74) is 1.78. The van der Waals surface area contributed by atoms with E-state index >= 15 is 0 Å². The van der Waals surface area contributed by atoms with Gasteiger partial charge in [-0.25, -0.2) is 0 Å². The van der Waals surface area contributed by atoms with Gasteiger partial charge in [0.25, 0.3) is 0 Å². The van der Waals surface area contributed by atoms with E-state index in [4.69, 9.17) is 11.6 Å². The topological polar surface area (TPSA) is 38.7 Å². The first-order valence-electron chi connectivity index (χ1n) is 3.76.